The molecule has 0 spiro atoms. The van der Waals surface area contributed by atoms with Crippen molar-refractivity contribution in [2.45, 2.75) is 32.9 Å². The van der Waals surface area contributed by atoms with E-state index in [9.17, 15) is 8.42 Å². The summed E-state index contributed by atoms with van der Waals surface area (Å²) in [7, 11) is -3.72. The van der Waals surface area contributed by atoms with Gasteiger partial charge in [0, 0.05) is 43.3 Å². The van der Waals surface area contributed by atoms with Crippen molar-refractivity contribution in [3.8, 4) is 0 Å². The van der Waals surface area contributed by atoms with E-state index in [0.717, 1.165) is 24.3 Å². The van der Waals surface area contributed by atoms with Crippen LogP contribution in [-0.2, 0) is 10.2 Å². The number of para-hydroxylation sites is 2. The van der Waals surface area contributed by atoms with E-state index in [1.54, 1.807) is 18.2 Å². The van der Waals surface area contributed by atoms with Crippen LogP contribution in [0, 0.1) is 6.92 Å². The zero-order chi connectivity index (χ0) is 20.8. The molecule has 2 aliphatic heterocycles. The van der Waals surface area contributed by atoms with Crippen molar-refractivity contribution in [2.75, 3.05) is 34.8 Å². The van der Waals surface area contributed by atoms with E-state index in [1.807, 2.05) is 31.2 Å². The Kier molecular flexibility index (Phi) is 5.50. The second-order valence-corrected chi connectivity index (χ2v) is 10.1. The molecule has 0 aromatic heterocycles. The van der Waals surface area contributed by atoms with Gasteiger partial charge in [0.1, 0.15) is 0 Å². The molecule has 29 heavy (non-hydrogen) atoms. The molecule has 2 aliphatic rings. The molecule has 2 heterocycles. The van der Waals surface area contributed by atoms with Crippen molar-refractivity contribution in [3.63, 3.8) is 0 Å². The van der Waals surface area contributed by atoms with Crippen LogP contribution < -0.4 is 13.9 Å². The van der Waals surface area contributed by atoms with E-state index in [-0.39, 0.29) is 0 Å². The summed E-state index contributed by atoms with van der Waals surface area (Å²) in [6.07, 6.45) is 0. The second-order valence-electron chi connectivity index (χ2n) is 7.99. The number of nitrogens with zero attached hydrogens (tertiary/aromatic N) is 3. The SMILES string of the molecule is Cc1cc(Cl)ccc1N1c2ccccc2N(CCN2C[C@@H](C)N[C@@H](C)C2)S1(=O)=O. The van der Waals surface area contributed by atoms with Crippen molar-refractivity contribution >= 4 is 38.9 Å². The number of hydrogen-bond acceptors (Lipinski definition) is 4. The van der Waals surface area contributed by atoms with Crippen LogP contribution in [0.1, 0.15) is 19.4 Å². The van der Waals surface area contributed by atoms with E-state index in [0.29, 0.717) is 41.6 Å². The number of rotatable bonds is 4. The summed E-state index contributed by atoms with van der Waals surface area (Å²) in [6, 6.07) is 13.6. The van der Waals surface area contributed by atoms with E-state index in [4.69, 9.17) is 11.6 Å². The highest BCUT2D eigenvalue weighted by molar-refractivity contribution is 7.95. The molecule has 2 aromatic carbocycles. The van der Waals surface area contributed by atoms with Crippen molar-refractivity contribution in [1.29, 1.82) is 0 Å². The van der Waals surface area contributed by atoms with E-state index >= 15 is 0 Å². The van der Waals surface area contributed by atoms with Crippen LogP contribution in [0.3, 0.4) is 0 Å². The van der Waals surface area contributed by atoms with Gasteiger partial charge >= 0.3 is 10.2 Å². The Morgan fingerprint density at radius 1 is 1.00 bits per heavy atom. The predicted molar refractivity (Wildman–Crippen MR) is 120 cm³/mol. The number of nitrogens with one attached hydrogen (secondary N) is 1. The number of fused-ring (bicyclic) bond motifs is 1. The highest BCUT2D eigenvalue weighted by Gasteiger charge is 2.41. The van der Waals surface area contributed by atoms with E-state index in [1.165, 1.54) is 8.61 Å². The lowest BCUT2D eigenvalue weighted by Crippen LogP contribution is -2.55. The van der Waals surface area contributed by atoms with E-state index in [2.05, 4.69) is 24.1 Å². The molecule has 0 aliphatic carbocycles. The molecule has 0 unspecified atom stereocenters. The molecule has 0 saturated carbocycles. The fourth-order valence-corrected chi connectivity index (χ4v) is 6.38. The molecule has 156 valence electrons. The third-order valence-electron chi connectivity index (χ3n) is 5.51. The Morgan fingerprint density at radius 3 is 2.31 bits per heavy atom. The first-order valence-electron chi connectivity index (χ1n) is 9.94. The van der Waals surface area contributed by atoms with Gasteiger partial charge in [-0.05, 0) is 56.7 Å². The highest BCUT2D eigenvalue weighted by Crippen LogP contribution is 2.46. The smallest absolute Gasteiger partial charge is 0.309 e. The van der Waals surface area contributed by atoms with Crippen molar-refractivity contribution < 1.29 is 8.42 Å². The molecule has 8 heteroatoms. The lowest BCUT2D eigenvalue weighted by Gasteiger charge is -2.36. The molecular weight excluding hydrogens is 408 g/mol. The Balaban J connectivity index is 1.65. The van der Waals surface area contributed by atoms with Crippen LogP contribution in [0.2, 0.25) is 5.02 Å². The zero-order valence-electron chi connectivity index (χ0n) is 17.0. The molecule has 1 fully saturated rings. The molecule has 6 nitrogen and oxygen atoms in total. The monoisotopic (exact) mass is 434 g/mol. The molecular formula is C21H27ClN4O2S. The van der Waals surface area contributed by atoms with E-state index < -0.39 is 10.2 Å². The molecule has 1 N–H and O–H groups in total. The number of halogens is 1. The largest absolute Gasteiger partial charge is 0.331 e. The molecule has 1 saturated heterocycles. The van der Waals surface area contributed by atoms with Gasteiger partial charge in [0.15, 0.2) is 0 Å². The molecule has 2 atom stereocenters. The molecule has 2 aromatic rings. The van der Waals surface area contributed by atoms with Crippen molar-refractivity contribution in [3.05, 3.63) is 53.1 Å². The number of anilines is 3. The number of benzene rings is 2. The van der Waals surface area contributed by atoms with Gasteiger partial charge in [0.2, 0.25) is 0 Å². The summed E-state index contributed by atoms with van der Waals surface area (Å²) in [4.78, 5) is 2.33. The quantitative estimate of drug-likeness (QED) is 0.799. The molecule has 0 radical (unpaired) electrons. The molecule has 0 bridgehead atoms. The topological polar surface area (TPSA) is 55.9 Å². The van der Waals surface area contributed by atoms with Gasteiger partial charge in [-0.2, -0.15) is 8.42 Å². The fourth-order valence-electron chi connectivity index (χ4n) is 4.39. The van der Waals surface area contributed by atoms with Crippen LogP contribution in [-0.4, -0.2) is 51.6 Å². The number of piperazine rings is 1. The maximum atomic E-state index is 13.6. The van der Waals surface area contributed by atoms with Gasteiger partial charge in [0.25, 0.3) is 0 Å². The summed E-state index contributed by atoms with van der Waals surface area (Å²) < 4.78 is 30.1. The predicted octanol–water partition coefficient (Wildman–Crippen LogP) is 3.53. The Hall–Kier alpha value is -1.80. The molecule has 4 rings (SSSR count). The zero-order valence-corrected chi connectivity index (χ0v) is 18.5. The van der Waals surface area contributed by atoms with Crippen LogP contribution >= 0.6 is 11.6 Å². The first-order valence-corrected chi connectivity index (χ1v) is 11.7. The number of hydrogen-bond donors (Lipinski definition) is 1. The minimum atomic E-state index is -3.72. The normalized spacial score (nSPS) is 24.0. The van der Waals surface area contributed by atoms with Crippen LogP contribution in [0.5, 0.6) is 0 Å². The number of aryl methyl sites for hydroxylation is 1. The van der Waals surface area contributed by atoms with Gasteiger partial charge in [-0.15, -0.1) is 0 Å². The summed E-state index contributed by atoms with van der Waals surface area (Å²) in [6.45, 7) is 9.15. The maximum absolute atomic E-state index is 13.6. The Labute approximate surface area is 178 Å². The first-order chi connectivity index (χ1) is 13.8. The summed E-state index contributed by atoms with van der Waals surface area (Å²) in [5.74, 6) is 0. The third kappa shape index (κ3) is 3.84. The minimum Gasteiger partial charge on any atom is -0.309 e. The third-order valence-corrected chi connectivity index (χ3v) is 7.53. The fraction of sp³-hybridized carbons (Fsp3) is 0.429. The lowest BCUT2D eigenvalue weighted by atomic mass is 10.1. The van der Waals surface area contributed by atoms with Gasteiger partial charge < -0.3 is 5.32 Å². The highest BCUT2D eigenvalue weighted by atomic mass is 35.5. The van der Waals surface area contributed by atoms with Crippen LogP contribution in [0.4, 0.5) is 17.1 Å². The Morgan fingerprint density at radius 2 is 1.66 bits per heavy atom. The summed E-state index contributed by atoms with van der Waals surface area (Å²) in [5, 5.41) is 4.11. The lowest BCUT2D eigenvalue weighted by molar-refractivity contribution is 0.178. The van der Waals surface area contributed by atoms with Gasteiger partial charge in [0.05, 0.1) is 17.1 Å². The second kappa shape index (κ2) is 7.80. The minimum absolute atomic E-state index is 0.398. The Bertz CT molecular complexity index is 1000. The van der Waals surface area contributed by atoms with Crippen molar-refractivity contribution in [2.24, 2.45) is 0 Å². The first kappa shape index (κ1) is 20.5. The average molecular weight is 435 g/mol. The standard InChI is InChI=1S/C21H27ClN4O2S/c1-15-12-18(22)8-9-19(15)26-21-7-5-4-6-20(21)25(29(26,27)28)11-10-24-13-16(2)23-17(3)14-24/h4-9,12,16-17,23H,10-11,13-14H2,1-3H3/t16-,17+. The average Bonchev–Trinajstić information content (AvgIpc) is 2.86. The van der Waals surface area contributed by atoms with Crippen LogP contribution in [0.25, 0.3) is 0 Å². The van der Waals surface area contributed by atoms with Gasteiger partial charge in [-0.3, -0.25) is 4.90 Å². The van der Waals surface area contributed by atoms with Crippen LogP contribution in [0.15, 0.2) is 42.5 Å². The maximum Gasteiger partial charge on any atom is 0.331 e. The van der Waals surface area contributed by atoms with Gasteiger partial charge in [-0.1, -0.05) is 23.7 Å². The summed E-state index contributed by atoms with van der Waals surface area (Å²) >= 11 is 6.09. The summed E-state index contributed by atoms with van der Waals surface area (Å²) in [5.41, 5.74) is 2.86. The van der Waals surface area contributed by atoms with Gasteiger partial charge in [-0.25, -0.2) is 8.61 Å². The van der Waals surface area contributed by atoms with Crippen molar-refractivity contribution in [1.82, 2.24) is 10.2 Å². The molecule has 0 amide bonds.